The van der Waals surface area contributed by atoms with E-state index in [1.54, 1.807) is 0 Å². The minimum Gasteiger partial charge on any atom is -0.379 e. The summed E-state index contributed by atoms with van der Waals surface area (Å²) in [4.78, 5) is 16.0. The molecule has 1 aromatic rings. The second kappa shape index (κ2) is 5.43. The minimum absolute atomic E-state index is 0.245. The molecule has 1 atom stereocenters. The highest BCUT2D eigenvalue weighted by Crippen LogP contribution is 2.22. The quantitative estimate of drug-likeness (QED) is 0.852. The Morgan fingerprint density at radius 2 is 2.33 bits per heavy atom. The fraction of sp³-hybridized carbons (Fsp3) is 0.500. The number of hydrogen-bond donors (Lipinski definition) is 1. The van der Waals surface area contributed by atoms with E-state index in [9.17, 15) is 4.79 Å². The molecule has 0 aliphatic carbocycles. The predicted molar refractivity (Wildman–Crippen MR) is 70.2 cm³/mol. The van der Waals surface area contributed by atoms with E-state index in [0.29, 0.717) is 12.2 Å². The van der Waals surface area contributed by atoms with Crippen LogP contribution in [0.5, 0.6) is 0 Å². The zero-order valence-corrected chi connectivity index (χ0v) is 11.5. The minimum atomic E-state index is -0.353. The average Bonchev–Trinajstić information content (AvgIpc) is 2.32. The van der Waals surface area contributed by atoms with Crippen molar-refractivity contribution in [1.29, 1.82) is 0 Å². The third kappa shape index (κ3) is 3.13. The van der Waals surface area contributed by atoms with Crippen LogP contribution in [0.2, 0.25) is 10.2 Å². The topological polar surface area (TPSA) is 51.2 Å². The van der Waals surface area contributed by atoms with E-state index in [-0.39, 0.29) is 21.6 Å². The summed E-state index contributed by atoms with van der Waals surface area (Å²) >= 11 is 11.7. The van der Waals surface area contributed by atoms with Crippen molar-refractivity contribution in [3.05, 3.63) is 28.0 Å². The van der Waals surface area contributed by atoms with Crippen molar-refractivity contribution < 1.29 is 9.53 Å². The van der Waals surface area contributed by atoms with Crippen LogP contribution in [0.3, 0.4) is 0 Å². The van der Waals surface area contributed by atoms with Crippen LogP contribution in [0.15, 0.2) is 12.3 Å². The van der Waals surface area contributed by atoms with Crippen LogP contribution < -0.4 is 5.32 Å². The highest BCUT2D eigenvalue weighted by Gasteiger charge is 2.30. The number of carbonyl (C=O) groups excluding carboxylic acids is 1. The summed E-state index contributed by atoms with van der Waals surface area (Å²) in [6.45, 7) is 3.21. The molecule has 0 bridgehead atoms. The molecule has 1 aromatic heterocycles. The van der Waals surface area contributed by atoms with Gasteiger partial charge in [0.15, 0.2) is 0 Å². The van der Waals surface area contributed by atoms with E-state index in [1.165, 1.54) is 12.3 Å². The van der Waals surface area contributed by atoms with E-state index in [1.807, 2.05) is 6.92 Å². The van der Waals surface area contributed by atoms with Crippen molar-refractivity contribution in [1.82, 2.24) is 10.3 Å². The van der Waals surface area contributed by atoms with E-state index in [0.717, 1.165) is 19.4 Å². The maximum absolute atomic E-state index is 12.2. The van der Waals surface area contributed by atoms with E-state index < -0.39 is 0 Å². The van der Waals surface area contributed by atoms with Gasteiger partial charge >= 0.3 is 0 Å². The summed E-state index contributed by atoms with van der Waals surface area (Å²) in [7, 11) is 0. The molecular formula is C12H14Cl2N2O2. The van der Waals surface area contributed by atoms with E-state index in [4.69, 9.17) is 27.9 Å². The van der Waals surface area contributed by atoms with Gasteiger partial charge in [0, 0.05) is 12.8 Å². The van der Waals surface area contributed by atoms with Crippen molar-refractivity contribution in [2.45, 2.75) is 25.3 Å². The molecule has 4 nitrogen and oxygen atoms in total. The average molecular weight is 289 g/mol. The molecule has 0 aromatic carbocycles. The molecule has 6 heteroatoms. The Balaban J connectivity index is 2.14. The Morgan fingerprint density at radius 1 is 1.56 bits per heavy atom. The fourth-order valence-electron chi connectivity index (χ4n) is 1.96. The van der Waals surface area contributed by atoms with Gasteiger partial charge in [-0.1, -0.05) is 23.2 Å². The van der Waals surface area contributed by atoms with Crippen LogP contribution in [0, 0.1) is 0 Å². The lowest BCUT2D eigenvalue weighted by Gasteiger charge is -2.34. The van der Waals surface area contributed by atoms with Gasteiger partial charge in [-0.25, -0.2) is 4.98 Å². The molecule has 2 rings (SSSR count). The lowest BCUT2D eigenvalue weighted by atomic mass is 9.94. The zero-order valence-electron chi connectivity index (χ0n) is 10.0. The van der Waals surface area contributed by atoms with Gasteiger partial charge in [0.2, 0.25) is 0 Å². The molecule has 1 N–H and O–H groups in total. The smallest absolute Gasteiger partial charge is 0.253 e. The van der Waals surface area contributed by atoms with Gasteiger partial charge < -0.3 is 10.1 Å². The molecule has 1 amide bonds. The molecule has 0 radical (unpaired) electrons. The summed E-state index contributed by atoms with van der Waals surface area (Å²) in [5, 5.41) is 3.48. The van der Waals surface area contributed by atoms with Crippen LogP contribution in [-0.4, -0.2) is 29.6 Å². The normalized spacial score (nSPS) is 23.7. The Morgan fingerprint density at radius 3 is 3.00 bits per heavy atom. The molecule has 0 saturated carbocycles. The number of hydrogen-bond acceptors (Lipinski definition) is 3. The lowest BCUT2D eigenvalue weighted by molar-refractivity contribution is 0.0272. The summed E-state index contributed by atoms with van der Waals surface area (Å²) in [5.74, 6) is -0.252. The lowest BCUT2D eigenvalue weighted by Crippen LogP contribution is -2.51. The molecule has 1 unspecified atom stereocenters. The van der Waals surface area contributed by atoms with E-state index >= 15 is 0 Å². The standard InChI is InChI=1S/C12H14Cl2N2O2/c1-12(3-2-4-18-7-12)16-11(17)8-5-10(14)15-6-9(8)13/h5-6H,2-4,7H2,1H3,(H,16,17). The molecular weight excluding hydrogens is 275 g/mol. The van der Waals surface area contributed by atoms with Gasteiger partial charge in [-0.05, 0) is 25.8 Å². The molecule has 1 saturated heterocycles. The molecule has 0 spiro atoms. The third-order valence-corrected chi connectivity index (χ3v) is 3.43. The van der Waals surface area contributed by atoms with Crippen LogP contribution >= 0.6 is 23.2 Å². The predicted octanol–water partition coefficient (Wildman–Crippen LogP) is 2.69. The molecule has 1 aliphatic heterocycles. The number of rotatable bonds is 2. The number of pyridine rings is 1. The summed E-state index contributed by atoms with van der Waals surface area (Å²) in [6.07, 6.45) is 3.19. The number of ether oxygens (including phenoxy) is 1. The van der Waals surface area contributed by atoms with Crippen molar-refractivity contribution in [2.75, 3.05) is 13.2 Å². The SMILES string of the molecule is CC1(NC(=O)c2cc(Cl)ncc2Cl)CCCOC1. The third-order valence-electron chi connectivity index (χ3n) is 2.92. The maximum Gasteiger partial charge on any atom is 0.253 e. The van der Waals surface area contributed by atoms with Crippen LogP contribution in [0.1, 0.15) is 30.1 Å². The second-order valence-electron chi connectivity index (χ2n) is 4.66. The number of nitrogens with one attached hydrogen (secondary N) is 1. The van der Waals surface area contributed by atoms with Crippen molar-refractivity contribution in [2.24, 2.45) is 0 Å². The van der Waals surface area contributed by atoms with Gasteiger partial charge in [-0.3, -0.25) is 4.79 Å². The highest BCUT2D eigenvalue weighted by molar-refractivity contribution is 6.35. The van der Waals surface area contributed by atoms with Crippen molar-refractivity contribution >= 4 is 29.1 Å². The summed E-state index contributed by atoms with van der Waals surface area (Å²) in [6, 6.07) is 1.46. The molecule has 1 aliphatic rings. The summed E-state index contributed by atoms with van der Waals surface area (Å²) < 4.78 is 5.39. The molecule has 1 fully saturated rings. The first-order chi connectivity index (χ1) is 8.50. The monoisotopic (exact) mass is 288 g/mol. The van der Waals surface area contributed by atoms with Gasteiger partial charge in [-0.15, -0.1) is 0 Å². The van der Waals surface area contributed by atoms with Crippen molar-refractivity contribution in [3.8, 4) is 0 Å². The number of aromatic nitrogens is 1. The van der Waals surface area contributed by atoms with Gasteiger partial charge in [0.05, 0.1) is 22.7 Å². The number of amides is 1. The summed E-state index contributed by atoms with van der Waals surface area (Å²) in [5.41, 5.74) is -0.0162. The maximum atomic E-state index is 12.2. The van der Waals surface area contributed by atoms with Gasteiger partial charge in [0.1, 0.15) is 5.15 Å². The number of halogens is 2. The Labute approximate surface area is 116 Å². The van der Waals surface area contributed by atoms with Crippen LogP contribution in [0.25, 0.3) is 0 Å². The first-order valence-electron chi connectivity index (χ1n) is 5.71. The van der Waals surface area contributed by atoms with Crippen molar-refractivity contribution in [3.63, 3.8) is 0 Å². The van der Waals surface area contributed by atoms with E-state index in [2.05, 4.69) is 10.3 Å². The fourth-order valence-corrected chi connectivity index (χ4v) is 2.31. The highest BCUT2D eigenvalue weighted by atomic mass is 35.5. The number of nitrogens with zero attached hydrogens (tertiary/aromatic N) is 1. The molecule has 18 heavy (non-hydrogen) atoms. The van der Waals surface area contributed by atoms with Crippen LogP contribution in [0.4, 0.5) is 0 Å². The first-order valence-corrected chi connectivity index (χ1v) is 6.47. The van der Waals surface area contributed by atoms with Gasteiger partial charge in [-0.2, -0.15) is 0 Å². The first kappa shape index (κ1) is 13.6. The van der Waals surface area contributed by atoms with Gasteiger partial charge in [0.25, 0.3) is 5.91 Å². The second-order valence-corrected chi connectivity index (χ2v) is 5.45. The Hall–Kier alpha value is -0.840. The number of carbonyl (C=O) groups is 1. The Bertz CT molecular complexity index is 459. The van der Waals surface area contributed by atoms with Crippen LogP contribution in [-0.2, 0) is 4.74 Å². The Kier molecular flexibility index (Phi) is 4.10. The zero-order chi connectivity index (χ0) is 13.2. The molecule has 2 heterocycles. The molecule has 98 valence electrons. The largest absolute Gasteiger partial charge is 0.379 e.